The Morgan fingerprint density at radius 3 is 2.52 bits per heavy atom. The zero-order chi connectivity index (χ0) is 21.4. The van der Waals surface area contributed by atoms with Crippen molar-refractivity contribution in [2.24, 2.45) is 5.92 Å². The fourth-order valence-electron chi connectivity index (χ4n) is 3.91. The van der Waals surface area contributed by atoms with Crippen LogP contribution < -0.4 is 4.90 Å². The number of anilines is 1. The topological polar surface area (TPSA) is 81.9 Å². The minimum Gasteiger partial charge on any atom is -0.466 e. The van der Waals surface area contributed by atoms with Gasteiger partial charge in [-0.3, -0.25) is 10.1 Å². The number of hydrogen-bond acceptors (Lipinski definition) is 6. The summed E-state index contributed by atoms with van der Waals surface area (Å²) < 4.78 is 9.87. The zero-order valence-electron chi connectivity index (χ0n) is 17.8. The van der Waals surface area contributed by atoms with Crippen molar-refractivity contribution in [3.05, 3.63) is 40.0 Å². The van der Waals surface area contributed by atoms with Gasteiger partial charge < -0.3 is 14.4 Å². The van der Waals surface area contributed by atoms with Crippen molar-refractivity contribution in [1.82, 2.24) is 0 Å². The summed E-state index contributed by atoms with van der Waals surface area (Å²) in [6.45, 7) is 5.19. The Bertz CT molecular complexity index is 739. The van der Waals surface area contributed by atoms with Crippen LogP contribution in [0, 0.1) is 16.0 Å². The number of nitro groups is 1. The first kappa shape index (κ1) is 22.9. The molecule has 29 heavy (non-hydrogen) atoms. The summed E-state index contributed by atoms with van der Waals surface area (Å²) in [5.74, 6) is -0.133. The van der Waals surface area contributed by atoms with Gasteiger partial charge in [-0.1, -0.05) is 39.2 Å². The maximum Gasteiger partial charge on any atom is 0.330 e. The van der Waals surface area contributed by atoms with E-state index in [9.17, 15) is 14.9 Å². The number of ether oxygens (including phenoxy) is 2. The molecule has 160 valence electrons. The quantitative estimate of drug-likeness (QED) is 0.259. The van der Waals surface area contributed by atoms with E-state index in [0.717, 1.165) is 32.2 Å². The SMILES string of the molecule is COC/C(=C\C(=O)OC)c1ccc(N(CC(C)C)C2CCCCC2)c([N+](=O)[O-])c1. The zero-order valence-corrected chi connectivity index (χ0v) is 17.8. The first-order chi connectivity index (χ1) is 13.9. The Kier molecular flexibility index (Phi) is 8.64. The van der Waals surface area contributed by atoms with Gasteiger partial charge in [0.25, 0.3) is 5.69 Å². The van der Waals surface area contributed by atoms with E-state index < -0.39 is 5.97 Å². The molecular formula is C22H32N2O5. The van der Waals surface area contributed by atoms with Crippen molar-refractivity contribution in [1.29, 1.82) is 0 Å². The molecule has 0 bridgehead atoms. The highest BCUT2D eigenvalue weighted by Gasteiger charge is 2.28. The minimum absolute atomic E-state index is 0.0561. The summed E-state index contributed by atoms with van der Waals surface area (Å²) in [7, 11) is 2.81. The molecule has 7 heteroatoms. The third-order valence-electron chi connectivity index (χ3n) is 5.22. The molecule has 2 rings (SSSR count). The maximum absolute atomic E-state index is 11.9. The Hall–Kier alpha value is -2.41. The second-order valence-electron chi connectivity index (χ2n) is 7.92. The Morgan fingerprint density at radius 2 is 1.97 bits per heavy atom. The lowest BCUT2D eigenvalue weighted by Gasteiger charge is -2.37. The monoisotopic (exact) mass is 404 g/mol. The molecule has 1 fully saturated rings. The minimum atomic E-state index is -0.521. The van der Waals surface area contributed by atoms with E-state index in [2.05, 4.69) is 18.7 Å². The van der Waals surface area contributed by atoms with Gasteiger partial charge in [0.15, 0.2) is 0 Å². The normalized spacial score (nSPS) is 15.4. The highest BCUT2D eigenvalue weighted by molar-refractivity contribution is 5.92. The maximum atomic E-state index is 11.9. The van der Waals surface area contributed by atoms with Crippen LogP contribution in [0.4, 0.5) is 11.4 Å². The lowest BCUT2D eigenvalue weighted by atomic mass is 9.92. The summed E-state index contributed by atoms with van der Waals surface area (Å²) in [6.07, 6.45) is 6.97. The molecule has 0 aromatic heterocycles. The number of nitrogens with zero attached hydrogens (tertiary/aromatic N) is 2. The second-order valence-corrected chi connectivity index (χ2v) is 7.92. The van der Waals surface area contributed by atoms with E-state index >= 15 is 0 Å². The molecule has 0 atom stereocenters. The molecular weight excluding hydrogens is 372 g/mol. The summed E-state index contributed by atoms with van der Waals surface area (Å²) in [4.78, 5) is 25.5. The Morgan fingerprint density at radius 1 is 1.28 bits per heavy atom. The van der Waals surface area contributed by atoms with Crippen LogP contribution in [0.1, 0.15) is 51.5 Å². The Labute approximate surface area is 172 Å². The summed E-state index contributed by atoms with van der Waals surface area (Å²) >= 11 is 0. The second kappa shape index (κ2) is 11.0. The summed E-state index contributed by atoms with van der Waals surface area (Å²) in [5.41, 5.74) is 1.83. The number of methoxy groups -OCH3 is 2. The molecule has 0 unspecified atom stereocenters. The smallest absolute Gasteiger partial charge is 0.330 e. The van der Waals surface area contributed by atoms with Crippen LogP contribution in [0.25, 0.3) is 5.57 Å². The van der Waals surface area contributed by atoms with E-state index in [4.69, 9.17) is 9.47 Å². The molecule has 0 radical (unpaired) electrons. The molecule has 1 aromatic carbocycles. The first-order valence-corrected chi connectivity index (χ1v) is 10.2. The number of carbonyl (C=O) groups is 1. The molecule has 0 saturated heterocycles. The van der Waals surface area contributed by atoms with E-state index in [1.165, 1.54) is 26.7 Å². The predicted octanol–water partition coefficient (Wildman–Crippen LogP) is 4.59. The summed E-state index contributed by atoms with van der Waals surface area (Å²) in [6, 6.07) is 5.50. The van der Waals surface area contributed by atoms with Crippen LogP contribution in [-0.2, 0) is 14.3 Å². The molecule has 0 spiro atoms. The number of nitro benzene ring substituents is 1. The highest BCUT2D eigenvalue weighted by atomic mass is 16.6. The van der Waals surface area contributed by atoms with Gasteiger partial charge in [0.2, 0.25) is 0 Å². The Balaban J connectivity index is 2.49. The van der Waals surface area contributed by atoms with Crippen LogP contribution in [0.2, 0.25) is 0 Å². The van der Waals surface area contributed by atoms with Crippen molar-refractivity contribution in [3.8, 4) is 0 Å². The average molecular weight is 405 g/mol. The number of benzene rings is 1. The standard InChI is InChI=1S/C22H32N2O5/c1-16(2)14-23(19-8-6-5-7-9-19)20-11-10-17(12-21(20)24(26)27)18(15-28-3)13-22(25)29-4/h10-13,16,19H,5-9,14-15H2,1-4H3/b18-13+. The van der Waals surface area contributed by atoms with Crippen molar-refractivity contribution in [3.63, 3.8) is 0 Å². The molecule has 1 aliphatic rings. The van der Waals surface area contributed by atoms with Crippen LogP contribution >= 0.6 is 0 Å². The lowest BCUT2D eigenvalue weighted by molar-refractivity contribution is -0.384. The van der Waals surface area contributed by atoms with Gasteiger partial charge >= 0.3 is 5.97 Å². The number of carbonyl (C=O) groups excluding carboxylic acids is 1. The van der Waals surface area contributed by atoms with E-state index in [1.54, 1.807) is 6.07 Å². The van der Waals surface area contributed by atoms with Gasteiger partial charge in [-0.25, -0.2) is 4.79 Å². The van der Waals surface area contributed by atoms with Crippen LogP contribution in [-0.4, -0.2) is 44.3 Å². The van der Waals surface area contributed by atoms with Gasteiger partial charge in [0.05, 0.1) is 18.6 Å². The van der Waals surface area contributed by atoms with E-state index in [1.807, 2.05) is 12.1 Å². The molecule has 7 nitrogen and oxygen atoms in total. The molecule has 0 aliphatic heterocycles. The van der Waals surface area contributed by atoms with Gasteiger partial charge in [0, 0.05) is 31.8 Å². The average Bonchev–Trinajstić information content (AvgIpc) is 2.71. The third kappa shape index (κ3) is 6.29. The van der Waals surface area contributed by atoms with Crippen LogP contribution in [0.3, 0.4) is 0 Å². The van der Waals surface area contributed by atoms with Gasteiger partial charge in [-0.2, -0.15) is 0 Å². The fourth-order valence-corrected chi connectivity index (χ4v) is 3.91. The van der Waals surface area contributed by atoms with Crippen molar-refractivity contribution in [2.45, 2.75) is 52.0 Å². The summed E-state index contributed by atoms with van der Waals surface area (Å²) in [5, 5.41) is 11.9. The highest BCUT2D eigenvalue weighted by Crippen LogP contribution is 2.36. The molecule has 0 N–H and O–H groups in total. The molecule has 1 aliphatic carbocycles. The molecule has 0 amide bonds. The van der Waals surface area contributed by atoms with Crippen molar-refractivity contribution < 1.29 is 19.2 Å². The predicted molar refractivity (Wildman–Crippen MR) is 114 cm³/mol. The fraction of sp³-hybridized carbons (Fsp3) is 0.591. The third-order valence-corrected chi connectivity index (χ3v) is 5.22. The molecule has 0 heterocycles. The van der Waals surface area contributed by atoms with Gasteiger partial charge in [-0.15, -0.1) is 0 Å². The largest absolute Gasteiger partial charge is 0.466 e. The van der Waals surface area contributed by atoms with Gasteiger partial charge in [0.1, 0.15) is 5.69 Å². The molecule has 1 saturated carbocycles. The lowest BCUT2D eigenvalue weighted by Crippen LogP contribution is -2.39. The number of rotatable bonds is 9. The van der Waals surface area contributed by atoms with Crippen LogP contribution in [0.5, 0.6) is 0 Å². The first-order valence-electron chi connectivity index (χ1n) is 10.2. The molecule has 1 aromatic rings. The van der Waals surface area contributed by atoms with Crippen molar-refractivity contribution >= 4 is 22.9 Å². The van der Waals surface area contributed by atoms with E-state index in [-0.39, 0.29) is 17.2 Å². The van der Waals surface area contributed by atoms with E-state index in [0.29, 0.717) is 28.8 Å². The number of hydrogen-bond donors (Lipinski definition) is 0. The van der Waals surface area contributed by atoms with Crippen molar-refractivity contribution in [2.75, 3.05) is 32.3 Å². The van der Waals surface area contributed by atoms with Crippen LogP contribution in [0.15, 0.2) is 24.3 Å². The number of esters is 1. The van der Waals surface area contributed by atoms with Gasteiger partial charge in [-0.05, 0) is 36.0 Å².